The van der Waals surface area contributed by atoms with Gasteiger partial charge < -0.3 is 10.6 Å². The van der Waals surface area contributed by atoms with E-state index < -0.39 is 5.41 Å². The molecule has 0 aliphatic heterocycles. The van der Waals surface area contributed by atoms with E-state index in [2.05, 4.69) is 15.6 Å². The van der Waals surface area contributed by atoms with Crippen molar-refractivity contribution in [3.8, 4) is 10.6 Å². The van der Waals surface area contributed by atoms with Crippen LogP contribution >= 0.6 is 11.3 Å². The lowest BCUT2D eigenvalue weighted by atomic mass is 9.95. The quantitative estimate of drug-likeness (QED) is 0.666. The van der Waals surface area contributed by atoms with Gasteiger partial charge in [0.05, 0.1) is 0 Å². The predicted octanol–water partition coefficient (Wildman–Crippen LogP) is 5.05. The first kappa shape index (κ1) is 18.8. The molecule has 2 aromatic carbocycles. The van der Waals surface area contributed by atoms with E-state index in [0.29, 0.717) is 17.1 Å². The summed E-state index contributed by atoms with van der Waals surface area (Å²) in [6.07, 6.45) is 0. The Kier molecular flexibility index (Phi) is 5.37. The van der Waals surface area contributed by atoms with Gasteiger partial charge in [-0.15, -0.1) is 11.3 Å². The van der Waals surface area contributed by atoms with Crippen LogP contribution in [-0.2, 0) is 4.79 Å². The summed E-state index contributed by atoms with van der Waals surface area (Å²) in [7, 11) is 0. The molecule has 138 valence electrons. The Labute approximate surface area is 162 Å². The highest BCUT2D eigenvalue weighted by atomic mass is 32.1. The van der Waals surface area contributed by atoms with Crippen LogP contribution in [0.2, 0.25) is 0 Å². The molecule has 0 spiro atoms. The van der Waals surface area contributed by atoms with E-state index >= 15 is 0 Å². The fraction of sp³-hybridized carbons (Fsp3) is 0.190. The third-order valence-corrected chi connectivity index (χ3v) is 4.71. The van der Waals surface area contributed by atoms with Gasteiger partial charge in [0.15, 0.2) is 0 Å². The first-order chi connectivity index (χ1) is 12.8. The first-order valence-corrected chi connectivity index (χ1v) is 9.45. The number of carbonyl (C=O) groups is 2. The van der Waals surface area contributed by atoms with Crippen molar-refractivity contribution < 1.29 is 9.59 Å². The third kappa shape index (κ3) is 4.80. The van der Waals surface area contributed by atoms with E-state index in [4.69, 9.17) is 0 Å². The number of hydrogen-bond acceptors (Lipinski definition) is 4. The maximum atomic E-state index is 12.5. The number of nitrogens with one attached hydrogen (secondary N) is 2. The second kappa shape index (κ2) is 7.72. The van der Waals surface area contributed by atoms with Gasteiger partial charge in [-0.05, 0) is 18.2 Å². The molecule has 0 radical (unpaired) electrons. The van der Waals surface area contributed by atoms with Crippen LogP contribution in [0.25, 0.3) is 10.6 Å². The zero-order chi connectivity index (χ0) is 19.4. The highest BCUT2D eigenvalue weighted by Gasteiger charge is 2.21. The summed E-state index contributed by atoms with van der Waals surface area (Å²) in [6.45, 7) is 5.54. The summed E-state index contributed by atoms with van der Waals surface area (Å²) in [5.41, 5.74) is 2.08. The van der Waals surface area contributed by atoms with E-state index in [0.717, 1.165) is 10.6 Å². The lowest BCUT2D eigenvalue weighted by molar-refractivity contribution is -0.123. The Morgan fingerprint density at radius 2 is 1.59 bits per heavy atom. The molecule has 2 N–H and O–H groups in total. The molecule has 0 aliphatic rings. The smallest absolute Gasteiger partial charge is 0.275 e. The Balaban J connectivity index is 1.71. The number of anilines is 2. The van der Waals surface area contributed by atoms with Gasteiger partial charge in [-0.2, -0.15) is 0 Å². The van der Waals surface area contributed by atoms with Crippen molar-refractivity contribution in [2.24, 2.45) is 5.41 Å². The molecule has 2 amide bonds. The number of amides is 2. The van der Waals surface area contributed by atoms with Gasteiger partial charge >= 0.3 is 0 Å². The van der Waals surface area contributed by atoms with E-state index in [1.54, 1.807) is 29.6 Å². The summed E-state index contributed by atoms with van der Waals surface area (Å²) < 4.78 is 0. The predicted molar refractivity (Wildman–Crippen MR) is 110 cm³/mol. The summed E-state index contributed by atoms with van der Waals surface area (Å²) in [4.78, 5) is 29.0. The van der Waals surface area contributed by atoms with E-state index in [9.17, 15) is 9.59 Å². The average Bonchev–Trinajstić information content (AvgIpc) is 3.12. The number of nitrogens with zero attached hydrogens (tertiary/aromatic N) is 1. The van der Waals surface area contributed by atoms with Crippen LogP contribution in [0.1, 0.15) is 31.3 Å². The van der Waals surface area contributed by atoms with Crippen LogP contribution in [0.3, 0.4) is 0 Å². The minimum absolute atomic E-state index is 0.0852. The summed E-state index contributed by atoms with van der Waals surface area (Å²) in [6, 6.07) is 16.8. The standard InChI is InChI=1S/C21H21N3O2S/c1-21(2,3)20(26)23-16-11-7-10-15(12-16)22-18(25)17-13-27-19(24-17)14-8-5-4-6-9-14/h4-13H,1-3H3,(H,22,25)(H,23,26). The molecule has 6 heteroatoms. The van der Waals surface area contributed by atoms with Crippen LogP contribution < -0.4 is 10.6 Å². The summed E-state index contributed by atoms with van der Waals surface area (Å²) in [5.74, 6) is -0.370. The third-order valence-electron chi connectivity index (χ3n) is 3.82. The monoisotopic (exact) mass is 379 g/mol. The summed E-state index contributed by atoms with van der Waals surface area (Å²) >= 11 is 1.43. The van der Waals surface area contributed by atoms with Crippen LogP contribution in [0.15, 0.2) is 60.0 Å². The number of thiazole rings is 1. The SMILES string of the molecule is CC(C)(C)C(=O)Nc1cccc(NC(=O)c2csc(-c3ccccc3)n2)c1. The molecule has 0 saturated heterocycles. The van der Waals surface area contributed by atoms with Gasteiger partial charge in [-0.1, -0.05) is 57.2 Å². The zero-order valence-corrected chi connectivity index (χ0v) is 16.3. The van der Waals surface area contributed by atoms with E-state index in [1.165, 1.54) is 11.3 Å². The molecule has 27 heavy (non-hydrogen) atoms. The lowest BCUT2D eigenvalue weighted by Crippen LogP contribution is -2.27. The molecule has 0 atom stereocenters. The molecule has 0 saturated carbocycles. The Morgan fingerprint density at radius 1 is 0.926 bits per heavy atom. The zero-order valence-electron chi connectivity index (χ0n) is 15.4. The molecule has 0 fully saturated rings. The molecular formula is C21H21N3O2S. The van der Waals surface area contributed by atoms with Gasteiger partial charge in [0.1, 0.15) is 10.7 Å². The maximum Gasteiger partial charge on any atom is 0.275 e. The van der Waals surface area contributed by atoms with Crippen molar-refractivity contribution in [2.45, 2.75) is 20.8 Å². The van der Waals surface area contributed by atoms with Crippen molar-refractivity contribution in [1.82, 2.24) is 4.98 Å². The van der Waals surface area contributed by atoms with Crippen molar-refractivity contribution in [3.05, 3.63) is 65.7 Å². The minimum atomic E-state index is -0.492. The normalized spacial score (nSPS) is 11.1. The Bertz CT molecular complexity index is 959. The molecule has 1 aromatic heterocycles. The van der Waals surface area contributed by atoms with Gasteiger partial charge in [-0.3, -0.25) is 9.59 Å². The highest BCUT2D eigenvalue weighted by Crippen LogP contribution is 2.24. The first-order valence-electron chi connectivity index (χ1n) is 8.57. The highest BCUT2D eigenvalue weighted by molar-refractivity contribution is 7.13. The molecule has 0 aliphatic carbocycles. The number of benzene rings is 2. The summed E-state index contributed by atoms with van der Waals surface area (Å²) in [5, 5.41) is 8.22. The molecule has 3 rings (SSSR count). The fourth-order valence-electron chi connectivity index (χ4n) is 2.28. The molecular weight excluding hydrogens is 358 g/mol. The Morgan fingerprint density at radius 3 is 2.26 bits per heavy atom. The van der Waals surface area contributed by atoms with Crippen molar-refractivity contribution in [2.75, 3.05) is 10.6 Å². The molecule has 5 nitrogen and oxygen atoms in total. The van der Waals surface area contributed by atoms with Crippen LogP contribution in [0.4, 0.5) is 11.4 Å². The van der Waals surface area contributed by atoms with Gasteiger partial charge in [0, 0.05) is 27.7 Å². The van der Waals surface area contributed by atoms with Crippen LogP contribution in [0.5, 0.6) is 0 Å². The Hall–Kier alpha value is -2.99. The van der Waals surface area contributed by atoms with Gasteiger partial charge in [0.25, 0.3) is 5.91 Å². The van der Waals surface area contributed by atoms with Crippen molar-refractivity contribution in [3.63, 3.8) is 0 Å². The molecule has 3 aromatic rings. The maximum absolute atomic E-state index is 12.5. The molecule has 1 heterocycles. The van der Waals surface area contributed by atoms with Crippen molar-refractivity contribution >= 4 is 34.5 Å². The van der Waals surface area contributed by atoms with Gasteiger partial charge in [-0.25, -0.2) is 4.98 Å². The van der Waals surface area contributed by atoms with E-state index in [-0.39, 0.29) is 11.8 Å². The van der Waals surface area contributed by atoms with Crippen LogP contribution in [-0.4, -0.2) is 16.8 Å². The second-order valence-corrected chi connectivity index (χ2v) is 8.00. The fourth-order valence-corrected chi connectivity index (χ4v) is 3.09. The largest absolute Gasteiger partial charge is 0.326 e. The van der Waals surface area contributed by atoms with Crippen molar-refractivity contribution in [1.29, 1.82) is 0 Å². The van der Waals surface area contributed by atoms with Crippen LogP contribution in [0, 0.1) is 5.41 Å². The molecule has 0 bridgehead atoms. The lowest BCUT2D eigenvalue weighted by Gasteiger charge is -2.18. The average molecular weight is 379 g/mol. The number of aromatic nitrogens is 1. The second-order valence-electron chi connectivity index (χ2n) is 7.14. The minimum Gasteiger partial charge on any atom is -0.326 e. The number of rotatable bonds is 4. The molecule has 0 unspecified atom stereocenters. The van der Waals surface area contributed by atoms with Gasteiger partial charge in [0.2, 0.25) is 5.91 Å². The number of carbonyl (C=O) groups excluding carboxylic acids is 2. The number of hydrogen-bond donors (Lipinski definition) is 2. The van der Waals surface area contributed by atoms with E-state index in [1.807, 2.05) is 51.1 Å². The topological polar surface area (TPSA) is 71.1 Å².